The van der Waals surface area contributed by atoms with Crippen molar-refractivity contribution < 1.29 is 18.8 Å². The summed E-state index contributed by atoms with van der Waals surface area (Å²) >= 11 is 0. The molecule has 0 atom stereocenters. The number of hydrogen-bond donors (Lipinski definition) is 0. The Morgan fingerprint density at radius 3 is 2.52 bits per heavy atom. The highest BCUT2D eigenvalue weighted by Gasteiger charge is 2.30. The summed E-state index contributed by atoms with van der Waals surface area (Å²) in [7, 11) is 1.24. The lowest BCUT2D eigenvalue weighted by atomic mass is 9.87. The molecule has 1 aliphatic rings. The molecule has 0 amide bonds. The molecule has 21 heavy (non-hydrogen) atoms. The van der Waals surface area contributed by atoms with Crippen LogP contribution in [0.1, 0.15) is 44.6 Å². The van der Waals surface area contributed by atoms with Crippen LogP contribution in [0.3, 0.4) is 0 Å². The van der Waals surface area contributed by atoms with Crippen LogP contribution >= 0.6 is 0 Å². The van der Waals surface area contributed by atoms with Gasteiger partial charge < -0.3 is 9.57 Å². The molecule has 0 unspecified atom stereocenters. The summed E-state index contributed by atoms with van der Waals surface area (Å²) in [4.78, 5) is 17.4. The van der Waals surface area contributed by atoms with Crippen molar-refractivity contribution in [3.8, 4) is 0 Å². The van der Waals surface area contributed by atoms with Gasteiger partial charge in [0.15, 0.2) is 5.71 Å². The quantitative estimate of drug-likeness (QED) is 0.485. The summed E-state index contributed by atoms with van der Waals surface area (Å²) in [6.45, 7) is 1.96. The lowest BCUT2D eigenvalue weighted by Crippen LogP contribution is -2.31. The highest BCUT2D eigenvalue weighted by atomic mass is 19.1. The van der Waals surface area contributed by atoms with Gasteiger partial charge in [0.25, 0.3) is 0 Å². The standard InChI is InChI=1S/C16H20FNO3/c1-16(10-6-3-7-11-16)21-18-14(15(19)20-2)12-8-4-5-9-13(12)17/h4-5,8-9H,3,6-7,10-11H2,1-2H3. The predicted molar refractivity (Wildman–Crippen MR) is 77.5 cm³/mol. The van der Waals surface area contributed by atoms with Crippen molar-refractivity contribution in [1.82, 2.24) is 0 Å². The van der Waals surface area contributed by atoms with E-state index in [1.165, 1.54) is 25.7 Å². The molecular formula is C16H20FNO3. The summed E-state index contributed by atoms with van der Waals surface area (Å²) in [5.74, 6) is -1.24. The Bertz CT molecular complexity index is 536. The predicted octanol–water partition coefficient (Wildman–Crippen LogP) is 3.44. The van der Waals surface area contributed by atoms with Gasteiger partial charge in [0.2, 0.25) is 0 Å². The maximum atomic E-state index is 13.9. The number of rotatable bonds is 4. The van der Waals surface area contributed by atoms with Crippen LogP contribution in [0.2, 0.25) is 0 Å². The van der Waals surface area contributed by atoms with Gasteiger partial charge in [0, 0.05) is 5.56 Å². The average Bonchev–Trinajstić information content (AvgIpc) is 2.49. The molecule has 0 radical (unpaired) electrons. The van der Waals surface area contributed by atoms with Crippen LogP contribution in [0.4, 0.5) is 4.39 Å². The van der Waals surface area contributed by atoms with Gasteiger partial charge in [0.05, 0.1) is 7.11 Å². The van der Waals surface area contributed by atoms with Gasteiger partial charge >= 0.3 is 5.97 Å². The van der Waals surface area contributed by atoms with Crippen molar-refractivity contribution in [2.45, 2.75) is 44.6 Å². The Hall–Kier alpha value is -1.91. The van der Waals surface area contributed by atoms with E-state index >= 15 is 0 Å². The first kappa shape index (κ1) is 15.5. The van der Waals surface area contributed by atoms with E-state index in [0.29, 0.717) is 0 Å². The third-order valence-electron chi connectivity index (χ3n) is 3.78. The molecule has 1 aliphatic carbocycles. The largest absolute Gasteiger partial charge is 0.464 e. The van der Waals surface area contributed by atoms with Gasteiger partial charge in [-0.2, -0.15) is 0 Å². The minimum absolute atomic E-state index is 0.0868. The SMILES string of the molecule is COC(=O)C(=NOC1(C)CCCCC1)c1ccccc1F. The van der Waals surface area contributed by atoms with E-state index in [2.05, 4.69) is 9.89 Å². The molecule has 0 bridgehead atoms. The molecule has 0 N–H and O–H groups in total. The van der Waals surface area contributed by atoms with Crippen LogP contribution in [0.15, 0.2) is 29.4 Å². The van der Waals surface area contributed by atoms with Gasteiger partial charge in [-0.1, -0.05) is 23.7 Å². The van der Waals surface area contributed by atoms with Gasteiger partial charge in [0.1, 0.15) is 11.4 Å². The van der Waals surface area contributed by atoms with Crippen LogP contribution in [0.25, 0.3) is 0 Å². The Balaban J connectivity index is 2.26. The molecule has 5 heteroatoms. The number of hydrogen-bond acceptors (Lipinski definition) is 4. The van der Waals surface area contributed by atoms with E-state index < -0.39 is 17.4 Å². The van der Waals surface area contributed by atoms with E-state index in [0.717, 1.165) is 25.7 Å². The molecule has 2 rings (SSSR count). The van der Waals surface area contributed by atoms with Crippen molar-refractivity contribution in [2.75, 3.05) is 7.11 Å². The molecule has 0 aliphatic heterocycles. The number of ether oxygens (including phenoxy) is 1. The Kier molecular flexibility index (Phi) is 4.94. The van der Waals surface area contributed by atoms with Crippen LogP contribution in [0.5, 0.6) is 0 Å². The molecule has 1 aromatic rings. The first-order valence-electron chi connectivity index (χ1n) is 7.15. The third kappa shape index (κ3) is 3.80. The summed E-state index contributed by atoms with van der Waals surface area (Å²) in [6.07, 6.45) is 5.07. The van der Waals surface area contributed by atoms with Crippen LogP contribution in [-0.2, 0) is 14.4 Å². The van der Waals surface area contributed by atoms with Crippen LogP contribution in [-0.4, -0.2) is 24.4 Å². The molecule has 0 spiro atoms. The van der Waals surface area contributed by atoms with Crippen molar-refractivity contribution in [2.24, 2.45) is 5.16 Å². The van der Waals surface area contributed by atoms with E-state index in [1.54, 1.807) is 12.1 Å². The number of carbonyl (C=O) groups is 1. The number of nitrogens with zero attached hydrogens (tertiary/aromatic N) is 1. The number of benzene rings is 1. The molecule has 0 aromatic heterocycles. The topological polar surface area (TPSA) is 47.9 Å². The number of halogens is 1. The number of methoxy groups -OCH3 is 1. The van der Waals surface area contributed by atoms with Gasteiger partial charge in [-0.25, -0.2) is 9.18 Å². The molecule has 114 valence electrons. The monoisotopic (exact) mass is 293 g/mol. The van der Waals surface area contributed by atoms with E-state index in [9.17, 15) is 9.18 Å². The minimum atomic E-state index is -0.709. The lowest BCUT2D eigenvalue weighted by molar-refractivity contribution is -0.133. The fourth-order valence-corrected chi connectivity index (χ4v) is 2.49. The fourth-order valence-electron chi connectivity index (χ4n) is 2.49. The number of esters is 1. The van der Waals surface area contributed by atoms with Gasteiger partial charge in [-0.05, 0) is 44.7 Å². The Morgan fingerprint density at radius 1 is 1.24 bits per heavy atom. The summed E-state index contributed by atoms with van der Waals surface area (Å²) in [5.41, 5.74) is -0.450. The zero-order chi connectivity index (χ0) is 15.3. The van der Waals surface area contributed by atoms with E-state index in [1.807, 2.05) is 6.92 Å². The summed E-state index contributed by atoms with van der Waals surface area (Å²) < 4.78 is 18.5. The van der Waals surface area contributed by atoms with Crippen molar-refractivity contribution >= 4 is 11.7 Å². The molecule has 4 nitrogen and oxygen atoms in total. The molecule has 1 fully saturated rings. The molecule has 0 heterocycles. The van der Waals surface area contributed by atoms with Crippen molar-refractivity contribution in [3.05, 3.63) is 35.6 Å². The Labute approximate surface area is 123 Å². The molecular weight excluding hydrogens is 273 g/mol. The van der Waals surface area contributed by atoms with Gasteiger partial charge in [-0.3, -0.25) is 0 Å². The second-order valence-corrected chi connectivity index (χ2v) is 5.51. The number of oxime groups is 1. The second kappa shape index (κ2) is 6.70. The minimum Gasteiger partial charge on any atom is -0.464 e. The maximum absolute atomic E-state index is 13.9. The average molecular weight is 293 g/mol. The zero-order valence-corrected chi connectivity index (χ0v) is 12.4. The Morgan fingerprint density at radius 2 is 1.90 bits per heavy atom. The third-order valence-corrected chi connectivity index (χ3v) is 3.78. The summed E-state index contributed by atoms with van der Waals surface area (Å²) in [6, 6.07) is 5.95. The van der Waals surface area contributed by atoms with E-state index in [-0.39, 0.29) is 11.3 Å². The van der Waals surface area contributed by atoms with Crippen molar-refractivity contribution in [1.29, 1.82) is 0 Å². The zero-order valence-electron chi connectivity index (χ0n) is 12.4. The molecule has 1 aromatic carbocycles. The second-order valence-electron chi connectivity index (χ2n) is 5.51. The first-order chi connectivity index (χ1) is 10.1. The van der Waals surface area contributed by atoms with Crippen LogP contribution in [0, 0.1) is 5.82 Å². The van der Waals surface area contributed by atoms with E-state index in [4.69, 9.17) is 4.84 Å². The smallest absolute Gasteiger partial charge is 0.360 e. The molecule has 1 saturated carbocycles. The van der Waals surface area contributed by atoms with Crippen molar-refractivity contribution in [3.63, 3.8) is 0 Å². The summed E-state index contributed by atoms with van der Waals surface area (Å²) in [5, 5.41) is 3.92. The lowest BCUT2D eigenvalue weighted by Gasteiger charge is -2.31. The first-order valence-corrected chi connectivity index (χ1v) is 7.15. The maximum Gasteiger partial charge on any atom is 0.360 e. The molecule has 0 saturated heterocycles. The normalized spacial score (nSPS) is 18.1. The fraction of sp³-hybridized carbons (Fsp3) is 0.500. The highest BCUT2D eigenvalue weighted by Crippen LogP contribution is 2.31. The number of carbonyl (C=O) groups excluding carboxylic acids is 1. The highest BCUT2D eigenvalue weighted by molar-refractivity contribution is 6.43. The van der Waals surface area contributed by atoms with Gasteiger partial charge in [-0.15, -0.1) is 0 Å². The van der Waals surface area contributed by atoms with Crippen LogP contribution < -0.4 is 0 Å².